The first-order valence-electron chi connectivity index (χ1n) is 18.7. The Bertz CT molecular complexity index is 932. The zero-order chi connectivity index (χ0) is 35.7. The molecule has 0 aliphatic rings. The van der Waals surface area contributed by atoms with E-state index in [1.807, 2.05) is 0 Å². The molecule has 0 aromatic rings. The highest BCUT2D eigenvalue weighted by atomic mass is 16.6. The van der Waals surface area contributed by atoms with Crippen LogP contribution in [0.25, 0.3) is 0 Å². The Morgan fingerprint density at radius 3 is 1.73 bits per heavy atom. The van der Waals surface area contributed by atoms with Crippen molar-refractivity contribution in [2.45, 2.75) is 148 Å². The van der Waals surface area contributed by atoms with Gasteiger partial charge >= 0.3 is 11.9 Å². The second-order valence-electron chi connectivity index (χ2n) is 13.4. The van der Waals surface area contributed by atoms with Gasteiger partial charge in [-0.2, -0.15) is 0 Å². The molecule has 0 radical (unpaired) electrons. The molecule has 48 heavy (non-hydrogen) atoms. The van der Waals surface area contributed by atoms with Gasteiger partial charge in [0.05, 0.1) is 40.3 Å². The number of hydrogen-bond donors (Lipinski definition) is 0. The minimum Gasteiger partial charge on any atom is -0.544 e. The molecule has 0 N–H and O–H groups in total. The highest BCUT2D eigenvalue weighted by Gasteiger charge is 2.25. The van der Waals surface area contributed by atoms with Gasteiger partial charge in [0.15, 0.2) is 6.10 Å². The predicted octanol–water partition coefficient (Wildman–Crippen LogP) is 7.96. The van der Waals surface area contributed by atoms with Crippen LogP contribution in [0.5, 0.6) is 0 Å². The molecule has 0 aliphatic heterocycles. The molecule has 0 amide bonds. The molecule has 0 spiro atoms. The summed E-state index contributed by atoms with van der Waals surface area (Å²) in [6.45, 7) is 4.45. The van der Waals surface area contributed by atoms with Gasteiger partial charge in [-0.15, -0.1) is 0 Å². The van der Waals surface area contributed by atoms with E-state index in [0.29, 0.717) is 12.8 Å². The van der Waals surface area contributed by atoms with Crippen molar-refractivity contribution in [1.29, 1.82) is 0 Å². The fourth-order valence-corrected chi connectivity index (χ4v) is 5.06. The summed E-state index contributed by atoms with van der Waals surface area (Å²) in [5, 5.41) is 11.5. The molecule has 2 atom stereocenters. The topological polar surface area (TPSA) is 102 Å². The number of quaternary nitrogens is 1. The fourth-order valence-electron chi connectivity index (χ4n) is 5.06. The second-order valence-corrected chi connectivity index (χ2v) is 13.4. The summed E-state index contributed by atoms with van der Waals surface area (Å²) < 4.78 is 17.0. The molecule has 2 unspecified atom stereocenters. The molecule has 0 aliphatic carbocycles. The molecule has 8 nitrogen and oxygen atoms in total. The van der Waals surface area contributed by atoms with Crippen molar-refractivity contribution in [2.75, 3.05) is 41.0 Å². The van der Waals surface area contributed by atoms with Crippen LogP contribution < -0.4 is 5.11 Å². The molecule has 0 fully saturated rings. The molecule has 276 valence electrons. The number of esters is 2. The molecular weight excluding hydrogens is 606 g/mol. The van der Waals surface area contributed by atoms with Crippen molar-refractivity contribution in [1.82, 2.24) is 0 Å². The average Bonchev–Trinajstić information content (AvgIpc) is 3.03. The van der Waals surface area contributed by atoms with Crippen LogP contribution in [-0.4, -0.2) is 75.5 Å². The third-order valence-electron chi connectivity index (χ3n) is 7.98. The quantitative estimate of drug-likeness (QED) is 0.0309. The first kappa shape index (κ1) is 45.3. The maximum absolute atomic E-state index is 12.6. The van der Waals surface area contributed by atoms with Crippen molar-refractivity contribution in [2.24, 2.45) is 0 Å². The Balaban J connectivity index is 4.44. The van der Waals surface area contributed by atoms with Crippen LogP contribution in [0.15, 0.2) is 48.6 Å². The fraction of sp³-hybridized carbons (Fsp3) is 0.725. The lowest BCUT2D eigenvalue weighted by atomic mass is 10.1. The van der Waals surface area contributed by atoms with Crippen LogP contribution >= 0.6 is 0 Å². The van der Waals surface area contributed by atoms with E-state index >= 15 is 0 Å². The number of hydrogen-bond acceptors (Lipinski definition) is 7. The minimum absolute atomic E-state index is 0.0300. The smallest absolute Gasteiger partial charge is 0.306 e. The van der Waals surface area contributed by atoms with Gasteiger partial charge in [0.2, 0.25) is 0 Å². The number of unbranched alkanes of at least 4 members (excludes halogenated alkanes) is 10. The number of allylic oxidation sites excluding steroid dienone is 8. The van der Waals surface area contributed by atoms with Crippen LogP contribution in [0.1, 0.15) is 136 Å². The van der Waals surface area contributed by atoms with Crippen LogP contribution in [0, 0.1) is 0 Å². The number of aliphatic carboxylic acids is 1. The third-order valence-corrected chi connectivity index (χ3v) is 7.98. The lowest BCUT2D eigenvalue weighted by Crippen LogP contribution is -2.55. The number of likely N-dealkylation sites (N-methyl/N-ethyl adjacent to an activating group) is 1. The summed E-state index contributed by atoms with van der Waals surface area (Å²) in [4.78, 5) is 36.5. The van der Waals surface area contributed by atoms with Crippen molar-refractivity contribution in [3.8, 4) is 0 Å². The van der Waals surface area contributed by atoms with Crippen molar-refractivity contribution in [3.63, 3.8) is 0 Å². The Labute approximate surface area is 293 Å². The molecule has 0 saturated carbocycles. The number of nitrogens with zero attached hydrogens (tertiary/aromatic N) is 1. The van der Waals surface area contributed by atoms with E-state index in [9.17, 15) is 19.5 Å². The number of carbonyl (C=O) groups is 3. The maximum Gasteiger partial charge on any atom is 0.306 e. The van der Waals surface area contributed by atoms with Crippen molar-refractivity contribution in [3.05, 3.63) is 48.6 Å². The standard InChI is InChI=1S/C40H69NO7/c1-6-8-10-12-14-16-17-18-19-20-21-22-23-25-26-28-30-38(42)47-35-36(34-46-33-32-37(40(44)45)41(3,4)5)48-39(43)31-29-27-24-15-13-11-9-7-2/h8,10,14,16,18-19,21-22,36-37H,6-7,9,11-13,15,17,20,23-35H2,1-5H3/b10-8+,16-14+,19-18+,22-21+. The molecular formula is C40H69NO7. The Morgan fingerprint density at radius 1 is 0.646 bits per heavy atom. The van der Waals surface area contributed by atoms with E-state index in [0.717, 1.165) is 70.6 Å². The third kappa shape index (κ3) is 29.4. The maximum atomic E-state index is 12.6. The number of carbonyl (C=O) groups excluding carboxylic acids is 3. The normalized spacial score (nSPS) is 13.6. The van der Waals surface area contributed by atoms with Gasteiger partial charge in [-0.05, 0) is 51.4 Å². The van der Waals surface area contributed by atoms with E-state index in [1.165, 1.54) is 32.1 Å². The Hall–Kier alpha value is -2.71. The van der Waals surface area contributed by atoms with Gasteiger partial charge in [0.25, 0.3) is 0 Å². The first-order chi connectivity index (χ1) is 23.1. The minimum atomic E-state index is -1.13. The Kier molecular flexibility index (Phi) is 29.8. The zero-order valence-electron chi connectivity index (χ0n) is 31.1. The van der Waals surface area contributed by atoms with Crippen LogP contribution in [0.3, 0.4) is 0 Å². The monoisotopic (exact) mass is 676 g/mol. The number of ether oxygens (including phenoxy) is 3. The van der Waals surface area contributed by atoms with Gasteiger partial charge in [-0.25, -0.2) is 0 Å². The first-order valence-corrected chi connectivity index (χ1v) is 18.7. The number of rotatable bonds is 32. The number of carboxylic acids is 1. The summed E-state index contributed by atoms with van der Waals surface area (Å²) >= 11 is 0. The van der Waals surface area contributed by atoms with Gasteiger partial charge < -0.3 is 28.6 Å². The highest BCUT2D eigenvalue weighted by Crippen LogP contribution is 2.12. The molecule has 8 heteroatoms. The molecule has 0 saturated heterocycles. The lowest BCUT2D eigenvalue weighted by molar-refractivity contribution is -0.889. The van der Waals surface area contributed by atoms with Gasteiger partial charge in [0, 0.05) is 19.3 Å². The molecule has 0 aromatic carbocycles. The molecule has 0 heterocycles. The summed E-state index contributed by atoms with van der Waals surface area (Å²) in [7, 11) is 5.38. The molecule has 0 bridgehead atoms. The lowest BCUT2D eigenvalue weighted by Gasteiger charge is -2.34. The van der Waals surface area contributed by atoms with Gasteiger partial charge in [-0.3, -0.25) is 9.59 Å². The SMILES string of the molecule is CC/C=C/C/C=C/C/C=C/C/C=C/CCCCCC(=O)OCC(COCCC(C(=O)[O-])[N+](C)(C)C)OC(=O)CCCCCCCCCC. The second kappa shape index (κ2) is 31.6. The zero-order valence-corrected chi connectivity index (χ0v) is 31.1. The summed E-state index contributed by atoms with van der Waals surface area (Å²) in [6, 6.07) is -0.728. The van der Waals surface area contributed by atoms with E-state index in [4.69, 9.17) is 14.2 Å². The predicted molar refractivity (Wildman–Crippen MR) is 194 cm³/mol. The van der Waals surface area contributed by atoms with Crippen molar-refractivity contribution >= 4 is 17.9 Å². The van der Waals surface area contributed by atoms with Crippen molar-refractivity contribution < 1.29 is 38.2 Å². The largest absolute Gasteiger partial charge is 0.544 e. The van der Waals surface area contributed by atoms with Gasteiger partial charge in [0.1, 0.15) is 12.6 Å². The van der Waals surface area contributed by atoms with Crippen LogP contribution in [0.4, 0.5) is 0 Å². The summed E-state index contributed by atoms with van der Waals surface area (Å²) in [5.74, 6) is -1.79. The Morgan fingerprint density at radius 2 is 1.17 bits per heavy atom. The molecule has 0 aromatic heterocycles. The van der Waals surface area contributed by atoms with E-state index in [2.05, 4.69) is 62.5 Å². The summed E-state index contributed by atoms with van der Waals surface area (Å²) in [6.07, 6.45) is 34.3. The van der Waals surface area contributed by atoms with E-state index in [1.54, 1.807) is 21.1 Å². The molecule has 0 rings (SSSR count). The average molecular weight is 676 g/mol. The number of carboxylic acid groups (broad SMARTS) is 1. The van der Waals surface area contributed by atoms with Crippen LogP contribution in [0.2, 0.25) is 0 Å². The van der Waals surface area contributed by atoms with Crippen LogP contribution in [-0.2, 0) is 28.6 Å². The summed E-state index contributed by atoms with van der Waals surface area (Å²) in [5.41, 5.74) is 0. The van der Waals surface area contributed by atoms with E-state index in [-0.39, 0.29) is 42.7 Å². The highest BCUT2D eigenvalue weighted by molar-refractivity contribution is 5.70. The van der Waals surface area contributed by atoms with E-state index < -0.39 is 18.1 Å². The van der Waals surface area contributed by atoms with Gasteiger partial charge in [-0.1, -0.05) is 114 Å².